The van der Waals surface area contributed by atoms with Gasteiger partial charge in [-0.3, -0.25) is 4.79 Å². The Kier molecular flexibility index (Phi) is 3.36. The molecule has 2 aromatic rings. The molecule has 1 nitrogen and oxygen atoms in total. The minimum absolute atomic E-state index is 0.218. The molecule has 16 heavy (non-hydrogen) atoms. The second kappa shape index (κ2) is 4.76. The first kappa shape index (κ1) is 11.3. The Balaban J connectivity index is 2.26. The van der Waals surface area contributed by atoms with Gasteiger partial charge < -0.3 is 0 Å². The third-order valence-corrected chi connectivity index (χ3v) is 3.84. The van der Waals surface area contributed by atoms with Gasteiger partial charge in [0.2, 0.25) is 0 Å². The molecule has 5 heteroatoms. The van der Waals surface area contributed by atoms with Gasteiger partial charge in [0.15, 0.2) is 6.29 Å². The number of aldehydes is 1. The molecule has 0 radical (unpaired) electrons. The van der Waals surface area contributed by atoms with E-state index in [-0.39, 0.29) is 4.90 Å². The molecule has 0 saturated heterocycles. The molecule has 0 bridgehead atoms. The Morgan fingerprint density at radius 3 is 2.75 bits per heavy atom. The lowest BCUT2D eigenvalue weighted by Crippen LogP contribution is -1.82. The number of carbonyl (C=O) groups excluding carboxylic acids is 1. The highest BCUT2D eigenvalue weighted by atomic mass is 32.2. The van der Waals surface area contributed by atoms with E-state index in [1.807, 2.05) is 0 Å². The molecule has 0 unspecified atom stereocenters. The lowest BCUT2D eigenvalue weighted by atomic mass is 10.3. The summed E-state index contributed by atoms with van der Waals surface area (Å²) < 4.78 is 26.2. The molecule has 0 spiro atoms. The summed E-state index contributed by atoms with van der Waals surface area (Å²) in [6.45, 7) is 0. The largest absolute Gasteiger partial charge is 0.297 e. The van der Waals surface area contributed by atoms with E-state index in [1.54, 1.807) is 11.4 Å². The molecule has 1 aromatic carbocycles. The number of halogens is 2. The number of rotatable bonds is 3. The van der Waals surface area contributed by atoms with Gasteiger partial charge in [0, 0.05) is 10.3 Å². The zero-order valence-corrected chi connectivity index (χ0v) is 9.58. The van der Waals surface area contributed by atoms with Crippen molar-refractivity contribution < 1.29 is 13.6 Å². The molecule has 0 aliphatic carbocycles. The van der Waals surface area contributed by atoms with Crippen molar-refractivity contribution in [3.8, 4) is 0 Å². The predicted molar refractivity (Wildman–Crippen MR) is 60.2 cm³/mol. The van der Waals surface area contributed by atoms with Crippen LogP contribution in [0.3, 0.4) is 0 Å². The highest BCUT2D eigenvalue weighted by Crippen LogP contribution is 2.32. The van der Waals surface area contributed by atoms with Crippen LogP contribution >= 0.6 is 23.1 Å². The zero-order valence-electron chi connectivity index (χ0n) is 7.94. The van der Waals surface area contributed by atoms with Gasteiger partial charge in [-0.1, -0.05) is 11.8 Å². The fourth-order valence-electron chi connectivity index (χ4n) is 1.13. The van der Waals surface area contributed by atoms with Crippen LogP contribution in [0.15, 0.2) is 39.4 Å². The molecule has 0 atom stereocenters. The fraction of sp³-hybridized carbons (Fsp3) is 0. The lowest BCUT2D eigenvalue weighted by Gasteiger charge is -2.00. The summed E-state index contributed by atoms with van der Waals surface area (Å²) in [5.41, 5.74) is 0. The van der Waals surface area contributed by atoms with Crippen LogP contribution in [0.1, 0.15) is 9.67 Å². The third kappa shape index (κ3) is 2.48. The molecule has 0 N–H and O–H groups in total. The van der Waals surface area contributed by atoms with Gasteiger partial charge in [-0.2, -0.15) is 0 Å². The number of hydrogen-bond acceptors (Lipinski definition) is 3. The minimum Gasteiger partial charge on any atom is -0.297 e. The summed E-state index contributed by atoms with van der Waals surface area (Å²) in [5, 5.41) is 1.73. The normalized spacial score (nSPS) is 10.4. The molecular formula is C11H6F2OS2. The first-order valence-corrected chi connectivity index (χ1v) is 6.05. The maximum Gasteiger partial charge on any atom is 0.160 e. The van der Waals surface area contributed by atoms with Crippen molar-refractivity contribution >= 4 is 29.4 Å². The summed E-state index contributed by atoms with van der Waals surface area (Å²) in [6.07, 6.45) is 0.733. The van der Waals surface area contributed by atoms with Crippen molar-refractivity contribution in [2.24, 2.45) is 0 Å². The van der Waals surface area contributed by atoms with Crippen molar-refractivity contribution in [2.75, 3.05) is 0 Å². The monoisotopic (exact) mass is 256 g/mol. The van der Waals surface area contributed by atoms with Crippen molar-refractivity contribution in [1.29, 1.82) is 0 Å². The number of carbonyl (C=O) groups is 1. The first-order valence-electron chi connectivity index (χ1n) is 4.35. The van der Waals surface area contributed by atoms with Crippen LogP contribution in [0.5, 0.6) is 0 Å². The number of benzene rings is 1. The van der Waals surface area contributed by atoms with Gasteiger partial charge >= 0.3 is 0 Å². The molecule has 0 aliphatic heterocycles. The van der Waals surface area contributed by atoms with Gasteiger partial charge in [0.1, 0.15) is 11.6 Å². The molecule has 2 rings (SSSR count). The van der Waals surface area contributed by atoms with Gasteiger partial charge in [0.05, 0.1) is 9.77 Å². The second-order valence-corrected chi connectivity index (χ2v) is 5.04. The molecule has 82 valence electrons. The molecule has 0 aliphatic rings. The van der Waals surface area contributed by atoms with Gasteiger partial charge in [-0.15, -0.1) is 11.3 Å². The maximum absolute atomic E-state index is 13.3. The average Bonchev–Trinajstić information content (AvgIpc) is 2.71. The molecule has 0 saturated carbocycles. The number of hydrogen-bond donors (Lipinski definition) is 0. The first-order chi connectivity index (χ1) is 7.69. The third-order valence-electron chi connectivity index (χ3n) is 1.83. The van der Waals surface area contributed by atoms with E-state index in [0.29, 0.717) is 4.88 Å². The SMILES string of the molecule is O=Cc1cc(Sc2cc(F)ccc2F)cs1. The van der Waals surface area contributed by atoms with E-state index in [2.05, 4.69) is 0 Å². The van der Waals surface area contributed by atoms with Crippen LogP contribution in [0.2, 0.25) is 0 Å². The Labute approximate surface area is 99.1 Å². The summed E-state index contributed by atoms with van der Waals surface area (Å²) in [4.78, 5) is 12.0. The maximum atomic E-state index is 13.3. The summed E-state index contributed by atoms with van der Waals surface area (Å²) >= 11 is 2.37. The highest BCUT2D eigenvalue weighted by molar-refractivity contribution is 7.99. The Morgan fingerprint density at radius 1 is 1.25 bits per heavy atom. The summed E-state index contributed by atoms with van der Waals surface area (Å²) in [7, 11) is 0. The Bertz CT molecular complexity index is 522. The van der Waals surface area contributed by atoms with Crippen molar-refractivity contribution in [2.45, 2.75) is 9.79 Å². The Morgan fingerprint density at radius 2 is 2.06 bits per heavy atom. The van der Waals surface area contributed by atoms with Crippen LogP contribution in [0.25, 0.3) is 0 Å². The second-order valence-electron chi connectivity index (χ2n) is 2.98. The number of thiophene rings is 1. The fourth-order valence-corrected chi connectivity index (χ4v) is 2.89. The van der Waals surface area contributed by atoms with E-state index in [0.717, 1.165) is 41.1 Å². The van der Waals surface area contributed by atoms with Crippen molar-refractivity contribution in [3.63, 3.8) is 0 Å². The van der Waals surface area contributed by atoms with Crippen LogP contribution in [-0.2, 0) is 0 Å². The lowest BCUT2D eigenvalue weighted by molar-refractivity contribution is 0.112. The van der Waals surface area contributed by atoms with Gasteiger partial charge in [-0.25, -0.2) is 8.78 Å². The van der Waals surface area contributed by atoms with Crippen LogP contribution in [0.4, 0.5) is 8.78 Å². The Hall–Kier alpha value is -1.20. The van der Waals surface area contributed by atoms with E-state index >= 15 is 0 Å². The molecule has 0 fully saturated rings. The standard InChI is InChI=1S/C11H6F2OS2/c12-7-1-2-10(13)11(3-7)16-9-4-8(5-14)15-6-9/h1-6H. The van der Waals surface area contributed by atoms with Crippen LogP contribution in [-0.4, -0.2) is 6.29 Å². The summed E-state index contributed by atoms with van der Waals surface area (Å²) in [6, 6.07) is 4.94. The average molecular weight is 256 g/mol. The molecule has 1 aromatic heterocycles. The van der Waals surface area contributed by atoms with Gasteiger partial charge in [0.25, 0.3) is 0 Å². The highest BCUT2D eigenvalue weighted by Gasteiger charge is 2.07. The van der Waals surface area contributed by atoms with E-state index in [9.17, 15) is 13.6 Å². The molecular weight excluding hydrogens is 250 g/mol. The summed E-state index contributed by atoms with van der Waals surface area (Å²) in [5.74, 6) is -0.944. The van der Waals surface area contributed by atoms with Crippen molar-refractivity contribution in [3.05, 3.63) is 46.2 Å². The van der Waals surface area contributed by atoms with Crippen LogP contribution in [0, 0.1) is 11.6 Å². The quantitative estimate of drug-likeness (QED) is 0.772. The van der Waals surface area contributed by atoms with Crippen molar-refractivity contribution in [1.82, 2.24) is 0 Å². The van der Waals surface area contributed by atoms with E-state index in [1.165, 1.54) is 11.3 Å². The zero-order chi connectivity index (χ0) is 11.5. The smallest absolute Gasteiger partial charge is 0.160 e. The van der Waals surface area contributed by atoms with Crippen LogP contribution < -0.4 is 0 Å². The van der Waals surface area contributed by atoms with E-state index in [4.69, 9.17) is 0 Å². The molecule has 0 amide bonds. The van der Waals surface area contributed by atoms with E-state index < -0.39 is 11.6 Å². The topological polar surface area (TPSA) is 17.1 Å². The minimum atomic E-state index is -0.477. The van der Waals surface area contributed by atoms with Gasteiger partial charge in [-0.05, 0) is 24.3 Å². The predicted octanol–water partition coefficient (Wildman–Crippen LogP) is 3.99. The molecule has 1 heterocycles.